The minimum absolute atomic E-state index is 0.554. The lowest BCUT2D eigenvalue weighted by Gasteiger charge is -2.14. The van der Waals surface area contributed by atoms with Gasteiger partial charge < -0.3 is 10.6 Å². The van der Waals surface area contributed by atoms with Crippen molar-refractivity contribution >= 4 is 35.2 Å². The van der Waals surface area contributed by atoms with Gasteiger partial charge in [-0.1, -0.05) is 18.7 Å². The van der Waals surface area contributed by atoms with E-state index in [9.17, 15) is 0 Å². The molecule has 2 N–H and O–H groups in total. The molecule has 2 heterocycles. The second-order valence-electron chi connectivity index (χ2n) is 4.26. The summed E-state index contributed by atoms with van der Waals surface area (Å²) in [6, 6.07) is 2.57. The fraction of sp³-hybridized carbons (Fsp3) is 0.667. The largest absolute Gasteiger partial charge is 0.370 e. The van der Waals surface area contributed by atoms with Crippen LogP contribution in [0.25, 0.3) is 0 Å². The Kier molecular flexibility index (Phi) is 5.44. The molecular weight excluding hydrogens is 264 g/mol. The molecule has 0 radical (unpaired) electrons. The average Bonchev–Trinajstić information content (AvgIpc) is 2.89. The first-order valence-corrected chi connectivity index (χ1v) is 8.71. The van der Waals surface area contributed by atoms with Crippen LogP contribution in [0.2, 0.25) is 0 Å². The fourth-order valence-corrected chi connectivity index (χ4v) is 3.32. The summed E-state index contributed by atoms with van der Waals surface area (Å²) in [5, 5.41) is 7.66. The van der Waals surface area contributed by atoms with Gasteiger partial charge in [-0.15, -0.1) is 0 Å². The highest BCUT2D eigenvalue weighted by molar-refractivity contribution is 7.99. The van der Waals surface area contributed by atoms with Gasteiger partial charge in [-0.2, -0.15) is 11.8 Å². The third-order valence-electron chi connectivity index (χ3n) is 2.73. The van der Waals surface area contributed by atoms with Gasteiger partial charge in [0, 0.05) is 24.4 Å². The van der Waals surface area contributed by atoms with Crippen LogP contribution < -0.4 is 10.6 Å². The Balaban J connectivity index is 2.06. The summed E-state index contributed by atoms with van der Waals surface area (Å²) in [6.45, 7) is 3.10. The van der Waals surface area contributed by atoms with Crippen LogP contribution in [0, 0.1) is 0 Å². The highest BCUT2D eigenvalue weighted by Crippen LogP contribution is 2.23. The molecule has 0 aliphatic carbocycles. The predicted molar refractivity (Wildman–Crippen MR) is 81.9 cm³/mol. The van der Waals surface area contributed by atoms with Gasteiger partial charge in [-0.3, -0.25) is 0 Å². The summed E-state index contributed by atoms with van der Waals surface area (Å²) in [6.07, 6.45) is 4.33. The molecule has 1 aromatic rings. The Morgan fingerprint density at radius 2 is 2.28 bits per heavy atom. The summed E-state index contributed by atoms with van der Waals surface area (Å²) in [5.74, 6) is 4.29. The standard InChI is InChI=1S/C12H20N4S2/c1-3-5-13-10-7-11(16-12(15-10)17-2)14-9-4-6-18-8-9/h7,9H,3-6,8H2,1-2H3,(H2,13,14,15,16). The molecule has 1 saturated heterocycles. The van der Waals surface area contributed by atoms with Crippen LogP contribution in [0.4, 0.5) is 11.6 Å². The predicted octanol–water partition coefficient (Wildman–Crippen LogP) is 2.94. The summed E-state index contributed by atoms with van der Waals surface area (Å²) in [4.78, 5) is 8.97. The normalized spacial score (nSPS) is 18.9. The van der Waals surface area contributed by atoms with Crippen LogP contribution in [0.5, 0.6) is 0 Å². The van der Waals surface area contributed by atoms with Crippen molar-refractivity contribution in [2.75, 3.05) is 34.9 Å². The van der Waals surface area contributed by atoms with Gasteiger partial charge in [0.15, 0.2) is 5.16 Å². The van der Waals surface area contributed by atoms with Crippen LogP contribution in [0.1, 0.15) is 19.8 Å². The molecule has 1 aliphatic heterocycles. The number of hydrogen-bond acceptors (Lipinski definition) is 6. The first kappa shape index (κ1) is 13.8. The second-order valence-corrected chi connectivity index (χ2v) is 6.18. The summed E-state index contributed by atoms with van der Waals surface area (Å²) in [7, 11) is 0. The fourth-order valence-electron chi connectivity index (χ4n) is 1.79. The van der Waals surface area contributed by atoms with Crippen molar-refractivity contribution in [3.05, 3.63) is 6.07 Å². The number of aromatic nitrogens is 2. The minimum atomic E-state index is 0.554. The highest BCUT2D eigenvalue weighted by atomic mass is 32.2. The highest BCUT2D eigenvalue weighted by Gasteiger charge is 2.16. The first-order chi connectivity index (χ1) is 8.81. The van der Waals surface area contributed by atoms with Gasteiger partial charge in [0.1, 0.15) is 11.6 Å². The number of anilines is 2. The molecule has 0 saturated carbocycles. The number of rotatable bonds is 6. The molecule has 0 spiro atoms. The molecule has 1 unspecified atom stereocenters. The van der Waals surface area contributed by atoms with Crippen LogP contribution in [-0.4, -0.2) is 40.3 Å². The van der Waals surface area contributed by atoms with Crippen molar-refractivity contribution in [2.24, 2.45) is 0 Å². The SMILES string of the molecule is CCCNc1cc(NC2CCSC2)nc(SC)n1. The number of thioether (sulfide) groups is 2. The topological polar surface area (TPSA) is 49.8 Å². The molecule has 1 atom stereocenters. The molecule has 1 aliphatic rings. The molecule has 1 aromatic heterocycles. The summed E-state index contributed by atoms with van der Waals surface area (Å²) in [5.41, 5.74) is 0. The lowest BCUT2D eigenvalue weighted by atomic mass is 10.2. The lowest BCUT2D eigenvalue weighted by Crippen LogP contribution is -2.19. The molecular formula is C12H20N4S2. The maximum atomic E-state index is 4.51. The third-order valence-corrected chi connectivity index (χ3v) is 4.44. The van der Waals surface area contributed by atoms with Crippen molar-refractivity contribution in [1.29, 1.82) is 0 Å². The van der Waals surface area contributed by atoms with E-state index in [1.165, 1.54) is 17.9 Å². The van der Waals surface area contributed by atoms with Gasteiger partial charge in [0.05, 0.1) is 0 Å². The van der Waals surface area contributed by atoms with E-state index in [4.69, 9.17) is 0 Å². The van der Waals surface area contributed by atoms with E-state index in [2.05, 4.69) is 27.5 Å². The Labute approximate surface area is 117 Å². The Bertz CT molecular complexity index is 380. The van der Waals surface area contributed by atoms with Crippen molar-refractivity contribution in [2.45, 2.75) is 31.0 Å². The van der Waals surface area contributed by atoms with Crippen LogP contribution in [0.15, 0.2) is 11.2 Å². The monoisotopic (exact) mass is 284 g/mol. The van der Waals surface area contributed by atoms with E-state index >= 15 is 0 Å². The quantitative estimate of drug-likeness (QED) is 0.619. The smallest absolute Gasteiger partial charge is 0.191 e. The zero-order valence-corrected chi connectivity index (χ0v) is 12.5. The van der Waals surface area contributed by atoms with Crippen molar-refractivity contribution in [3.8, 4) is 0 Å². The van der Waals surface area contributed by atoms with Gasteiger partial charge in [0.2, 0.25) is 0 Å². The summed E-state index contributed by atoms with van der Waals surface area (Å²) >= 11 is 3.58. The molecule has 6 heteroatoms. The maximum absolute atomic E-state index is 4.51. The van der Waals surface area contributed by atoms with E-state index in [-0.39, 0.29) is 0 Å². The van der Waals surface area contributed by atoms with Crippen molar-refractivity contribution in [1.82, 2.24) is 9.97 Å². The molecule has 0 amide bonds. The number of nitrogens with one attached hydrogen (secondary N) is 2. The molecule has 0 bridgehead atoms. The van der Waals surface area contributed by atoms with Crippen LogP contribution in [0.3, 0.4) is 0 Å². The second kappa shape index (κ2) is 7.09. The zero-order valence-electron chi connectivity index (χ0n) is 10.9. The first-order valence-electron chi connectivity index (χ1n) is 6.33. The Morgan fingerprint density at radius 3 is 2.94 bits per heavy atom. The Morgan fingerprint density at radius 1 is 1.44 bits per heavy atom. The molecule has 18 heavy (non-hydrogen) atoms. The van der Waals surface area contributed by atoms with E-state index in [1.54, 1.807) is 11.8 Å². The number of hydrogen-bond donors (Lipinski definition) is 2. The van der Waals surface area contributed by atoms with E-state index in [0.717, 1.165) is 29.8 Å². The van der Waals surface area contributed by atoms with E-state index in [0.29, 0.717) is 6.04 Å². The Hall–Kier alpha value is -0.620. The van der Waals surface area contributed by atoms with Gasteiger partial charge >= 0.3 is 0 Å². The van der Waals surface area contributed by atoms with Crippen molar-refractivity contribution in [3.63, 3.8) is 0 Å². The molecule has 2 rings (SSSR count). The van der Waals surface area contributed by atoms with Gasteiger partial charge in [0.25, 0.3) is 0 Å². The summed E-state index contributed by atoms with van der Waals surface area (Å²) < 4.78 is 0. The molecule has 0 aromatic carbocycles. The molecule has 100 valence electrons. The van der Waals surface area contributed by atoms with E-state index < -0.39 is 0 Å². The lowest BCUT2D eigenvalue weighted by molar-refractivity contribution is 0.798. The van der Waals surface area contributed by atoms with Gasteiger partial charge in [-0.05, 0) is 24.9 Å². The molecule has 4 nitrogen and oxygen atoms in total. The van der Waals surface area contributed by atoms with Crippen LogP contribution in [-0.2, 0) is 0 Å². The van der Waals surface area contributed by atoms with Crippen LogP contribution >= 0.6 is 23.5 Å². The molecule has 1 fully saturated rings. The number of nitrogens with zero attached hydrogens (tertiary/aromatic N) is 2. The van der Waals surface area contributed by atoms with E-state index in [1.807, 2.05) is 24.1 Å². The maximum Gasteiger partial charge on any atom is 0.191 e. The van der Waals surface area contributed by atoms with Gasteiger partial charge in [-0.25, -0.2) is 9.97 Å². The van der Waals surface area contributed by atoms with Crippen molar-refractivity contribution < 1.29 is 0 Å². The zero-order chi connectivity index (χ0) is 12.8. The average molecular weight is 284 g/mol. The minimum Gasteiger partial charge on any atom is -0.370 e. The third kappa shape index (κ3) is 3.95.